The molecule has 0 aliphatic rings. The number of carbonyl (C=O) groups excluding carboxylic acids is 1. The maximum absolute atomic E-state index is 12.3. The van der Waals surface area contributed by atoms with E-state index in [0.717, 1.165) is 5.56 Å². The molecule has 3 rings (SSSR count). The molecule has 0 saturated heterocycles. The van der Waals surface area contributed by atoms with Crippen LogP contribution in [0.1, 0.15) is 21.4 Å². The van der Waals surface area contributed by atoms with Crippen LogP contribution >= 0.6 is 11.3 Å². The van der Waals surface area contributed by atoms with Gasteiger partial charge in [-0.05, 0) is 25.5 Å². The summed E-state index contributed by atoms with van der Waals surface area (Å²) in [6.07, 6.45) is 0. The maximum atomic E-state index is 12.3. The van der Waals surface area contributed by atoms with Crippen molar-refractivity contribution in [1.82, 2.24) is 15.4 Å². The van der Waals surface area contributed by atoms with Gasteiger partial charge in [-0.2, -0.15) is 0 Å². The van der Waals surface area contributed by atoms with Gasteiger partial charge in [-0.15, -0.1) is 11.3 Å². The highest BCUT2D eigenvalue weighted by atomic mass is 32.1. The molecule has 1 N–H and O–H groups in total. The molecule has 0 aliphatic heterocycles. The van der Waals surface area contributed by atoms with E-state index < -0.39 is 0 Å². The summed E-state index contributed by atoms with van der Waals surface area (Å²) in [5.74, 6) is 0.354. The lowest BCUT2D eigenvalue weighted by Gasteiger charge is -2.23. The van der Waals surface area contributed by atoms with Crippen LogP contribution in [-0.4, -0.2) is 36.6 Å². The van der Waals surface area contributed by atoms with E-state index in [4.69, 9.17) is 4.52 Å². The van der Waals surface area contributed by atoms with E-state index in [0.29, 0.717) is 12.3 Å². The fourth-order valence-electron chi connectivity index (χ4n) is 2.42. The molecule has 6 heteroatoms. The fraction of sp³-hybridized carbons (Fsp3) is 0.222. The number of benzene rings is 1. The lowest BCUT2D eigenvalue weighted by atomic mass is 10.1. The van der Waals surface area contributed by atoms with Crippen molar-refractivity contribution in [3.05, 3.63) is 64.5 Å². The molecule has 1 amide bonds. The number of nitrogens with zero attached hydrogens (tertiary/aromatic N) is 2. The van der Waals surface area contributed by atoms with Crippen LogP contribution in [0, 0.1) is 0 Å². The first-order valence-electron chi connectivity index (χ1n) is 7.65. The third kappa shape index (κ3) is 3.72. The predicted molar refractivity (Wildman–Crippen MR) is 95.0 cm³/mol. The molecule has 1 unspecified atom stereocenters. The van der Waals surface area contributed by atoms with Crippen LogP contribution in [0.3, 0.4) is 0 Å². The number of carbonyl (C=O) groups is 1. The predicted octanol–water partition coefficient (Wildman–Crippen LogP) is 3.44. The number of likely N-dealkylation sites (N-methyl/N-ethyl adjacent to an activating group) is 1. The molecule has 0 bridgehead atoms. The summed E-state index contributed by atoms with van der Waals surface area (Å²) in [7, 11) is 4.00. The van der Waals surface area contributed by atoms with Crippen molar-refractivity contribution in [3.63, 3.8) is 0 Å². The van der Waals surface area contributed by atoms with Gasteiger partial charge in [-0.25, -0.2) is 0 Å². The largest absolute Gasteiger partial charge is 0.355 e. The van der Waals surface area contributed by atoms with Crippen molar-refractivity contribution in [2.24, 2.45) is 0 Å². The van der Waals surface area contributed by atoms with Crippen LogP contribution in [0.25, 0.3) is 11.3 Å². The second kappa shape index (κ2) is 7.42. The molecule has 5 nitrogen and oxygen atoms in total. The second-order valence-electron chi connectivity index (χ2n) is 5.65. The minimum absolute atomic E-state index is 0.134. The molecular formula is C18H19N3O2S. The zero-order valence-electron chi connectivity index (χ0n) is 13.6. The molecule has 3 aromatic rings. The number of amides is 1. The van der Waals surface area contributed by atoms with Gasteiger partial charge in [-0.1, -0.05) is 41.6 Å². The van der Waals surface area contributed by atoms with Crippen LogP contribution in [-0.2, 0) is 0 Å². The first-order valence-corrected chi connectivity index (χ1v) is 8.53. The minimum Gasteiger partial charge on any atom is -0.355 e. The standard InChI is InChI=1S/C18H19N3O2S/c1-21(2)15(17-9-6-10-24-17)12-19-18(22)14-11-16(23-20-14)13-7-4-3-5-8-13/h3-11,15H,12H2,1-2H3,(H,19,22). The molecule has 2 heterocycles. The van der Waals surface area contributed by atoms with Gasteiger partial charge in [0.15, 0.2) is 11.5 Å². The summed E-state index contributed by atoms with van der Waals surface area (Å²) in [4.78, 5) is 15.6. The number of hydrogen-bond acceptors (Lipinski definition) is 5. The third-order valence-electron chi connectivity index (χ3n) is 3.75. The Morgan fingerprint density at radius 3 is 2.71 bits per heavy atom. The number of rotatable bonds is 6. The topological polar surface area (TPSA) is 58.4 Å². The van der Waals surface area contributed by atoms with Gasteiger partial charge in [0.1, 0.15) is 0 Å². The van der Waals surface area contributed by atoms with Crippen molar-refractivity contribution < 1.29 is 9.32 Å². The molecule has 0 spiro atoms. The zero-order valence-corrected chi connectivity index (χ0v) is 14.4. The number of nitrogens with one attached hydrogen (secondary N) is 1. The van der Waals surface area contributed by atoms with Crippen LogP contribution in [0.15, 0.2) is 58.4 Å². The van der Waals surface area contributed by atoms with Crippen LogP contribution in [0.5, 0.6) is 0 Å². The summed E-state index contributed by atoms with van der Waals surface area (Å²) in [5.41, 5.74) is 1.19. The molecule has 0 fully saturated rings. The lowest BCUT2D eigenvalue weighted by molar-refractivity contribution is 0.0933. The monoisotopic (exact) mass is 341 g/mol. The van der Waals surface area contributed by atoms with Crippen LogP contribution in [0.2, 0.25) is 0 Å². The maximum Gasteiger partial charge on any atom is 0.273 e. The van der Waals surface area contributed by atoms with Crippen molar-refractivity contribution in [1.29, 1.82) is 0 Å². The first kappa shape index (κ1) is 16.4. The Labute approximate surface area is 144 Å². The van der Waals surface area contributed by atoms with E-state index in [9.17, 15) is 4.79 Å². The molecule has 2 aromatic heterocycles. The number of aromatic nitrogens is 1. The molecule has 124 valence electrons. The van der Waals surface area contributed by atoms with Crippen LogP contribution < -0.4 is 5.32 Å². The number of thiophene rings is 1. The van der Waals surface area contributed by atoms with Gasteiger partial charge in [0, 0.05) is 23.1 Å². The highest BCUT2D eigenvalue weighted by molar-refractivity contribution is 7.10. The Morgan fingerprint density at radius 2 is 2.04 bits per heavy atom. The first-order chi connectivity index (χ1) is 11.6. The SMILES string of the molecule is CN(C)C(CNC(=O)c1cc(-c2ccccc2)on1)c1cccs1. The fourth-order valence-corrected chi connectivity index (χ4v) is 3.34. The van der Waals surface area contributed by atoms with E-state index in [1.807, 2.05) is 55.9 Å². The minimum atomic E-state index is -0.232. The van der Waals surface area contributed by atoms with E-state index in [2.05, 4.69) is 21.4 Å². The summed E-state index contributed by atoms with van der Waals surface area (Å²) >= 11 is 1.68. The smallest absolute Gasteiger partial charge is 0.273 e. The summed E-state index contributed by atoms with van der Waals surface area (Å²) in [6, 6.07) is 15.5. The van der Waals surface area contributed by atoms with Gasteiger partial charge < -0.3 is 14.7 Å². The van der Waals surface area contributed by atoms with E-state index in [1.54, 1.807) is 17.4 Å². The normalized spacial score (nSPS) is 12.3. The quantitative estimate of drug-likeness (QED) is 0.746. The van der Waals surface area contributed by atoms with Crippen molar-refractivity contribution >= 4 is 17.2 Å². The zero-order chi connectivity index (χ0) is 16.9. The Bertz CT molecular complexity index is 782. The molecule has 0 radical (unpaired) electrons. The molecule has 0 aliphatic carbocycles. The summed E-state index contributed by atoms with van der Waals surface area (Å²) in [5, 5.41) is 8.86. The highest BCUT2D eigenvalue weighted by Crippen LogP contribution is 2.23. The highest BCUT2D eigenvalue weighted by Gasteiger charge is 2.18. The second-order valence-corrected chi connectivity index (χ2v) is 6.63. The van der Waals surface area contributed by atoms with Crippen molar-refractivity contribution in [2.45, 2.75) is 6.04 Å². The Kier molecular flexibility index (Phi) is 5.08. The Morgan fingerprint density at radius 1 is 1.25 bits per heavy atom. The Hall–Kier alpha value is -2.44. The van der Waals surface area contributed by atoms with Gasteiger partial charge in [0.05, 0.1) is 6.04 Å². The molecule has 0 saturated carbocycles. The average molecular weight is 341 g/mol. The Balaban J connectivity index is 1.66. The molecule has 1 aromatic carbocycles. The van der Waals surface area contributed by atoms with E-state index in [1.165, 1.54) is 4.88 Å². The lowest BCUT2D eigenvalue weighted by Crippen LogP contribution is -2.34. The van der Waals surface area contributed by atoms with Crippen molar-refractivity contribution in [2.75, 3.05) is 20.6 Å². The van der Waals surface area contributed by atoms with Gasteiger partial charge >= 0.3 is 0 Å². The van der Waals surface area contributed by atoms with E-state index >= 15 is 0 Å². The molecule has 24 heavy (non-hydrogen) atoms. The van der Waals surface area contributed by atoms with E-state index in [-0.39, 0.29) is 17.6 Å². The third-order valence-corrected chi connectivity index (χ3v) is 4.73. The molecular weight excluding hydrogens is 322 g/mol. The summed E-state index contributed by atoms with van der Waals surface area (Å²) < 4.78 is 5.28. The van der Waals surface area contributed by atoms with Gasteiger partial charge in [-0.3, -0.25) is 4.79 Å². The van der Waals surface area contributed by atoms with Gasteiger partial charge in [0.25, 0.3) is 5.91 Å². The van der Waals surface area contributed by atoms with Crippen molar-refractivity contribution in [3.8, 4) is 11.3 Å². The van der Waals surface area contributed by atoms with Crippen LogP contribution in [0.4, 0.5) is 0 Å². The summed E-state index contributed by atoms with van der Waals surface area (Å²) in [6.45, 7) is 0.514. The van der Waals surface area contributed by atoms with Gasteiger partial charge in [0.2, 0.25) is 0 Å². The average Bonchev–Trinajstić information content (AvgIpc) is 3.27. The molecule has 1 atom stereocenters. The number of hydrogen-bond donors (Lipinski definition) is 1.